The Bertz CT molecular complexity index is 451. The van der Waals surface area contributed by atoms with Crippen molar-refractivity contribution in [3.63, 3.8) is 0 Å². The van der Waals surface area contributed by atoms with Crippen LogP contribution >= 0.6 is 11.0 Å². The summed E-state index contributed by atoms with van der Waals surface area (Å²) in [5.41, 5.74) is 0.900. The molecule has 0 radical (unpaired) electrons. The Hall–Kier alpha value is -0.890. The minimum Gasteiger partial charge on any atom is -0.288 e. The molecule has 6 nitrogen and oxygen atoms in total. The number of sulfone groups is 1. The Balaban J connectivity index is 2.20. The molecule has 0 unspecified atom stereocenters. The average molecular weight is 220 g/mol. The number of hydrogen-bond donors (Lipinski definition) is 0. The zero-order valence-corrected chi connectivity index (χ0v) is 7.89. The summed E-state index contributed by atoms with van der Waals surface area (Å²) in [4.78, 5) is 0.731. The van der Waals surface area contributed by atoms with Gasteiger partial charge < -0.3 is 0 Å². The van der Waals surface area contributed by atoms with Crippen LogP contribution in [0.2, 0.25) is 0 Å². The molecular weight excluding hydrogens is 216 g/mol. The fraction of sp³-hybridized carbons (Fsp3) is 0.400. The van der Waals surface area contributed by atoms with Gasteiger partial charge in [-0.3, -0.25) is 8.57 Å². The maximum atomic E-state index is 11.3. The van der Waals surface area contributed by atoms with Gasteiger partial charge in [-0.05, 0) is 0 Å². The number of oxime groups is 2. The van der Waals surface area contributed by atoms with Crippen LogP contribution in [0.5, 0.6) is 0 Å². The Morgan fingerprint density at radius 1 is 1.15 bits per heavy atom. The molecule has 0 N–H and O–H groups in total. The van der Waals surface area contributed by atoms with Gasteiger partial charge in [0.25, 0.3) is 0 Å². The molecule has 0 aromatic heterocycles. The summed E-state index contributed by atoms with van der Waals surface area (Å²) < 4.78 is 32.3. The van der Waals surface area contributed by atoms with E-state index in [4.69, 9.17) is 8.57 Å². The van der Waals surface area contributed by atoms with Crippen molar-refractivity contribution in [1.82, 2.24) is 0 Å². The molecule has 0 aromatic rings. The van der Waals surface area contributed by atoms with Gasteiger partial charge in [0, 0.05) is 0 Å². The molecule has 13 heavy (non-hydrogen) atoms. The third-order valence-electron chi connectivity index (χ3n) is 1.83. The number of rotatable bonds is 0. The third kappa shape index (κ3) is 0.953. The zero-order valence-electron chi connectivity index (χ0n) is 6.26. The van der Waals surface area contributed by atoms with Crippen LogP contribution < -0.4 is 0 Å². The molecule has 8 heteroatoms. The number of nitrogens with zero attached hydrogens (tertiary/aromatic N) is 2. The van der Waals surface area contributed by atoms with Gasteiger partial charge in [0.15, 0.2) is 9.84 Å². The minimum atomic E-state index is -3.11. The second-order valence-corrected chi connectivity index (χ2v) is 6.06. The molecule has 70 valence electrons. The molecular formula is C5H4N2O4S2. The third-order valence-corrected chi connectivity index (χ3v) is 4.49. The minimum absolute atomic E-state index is 0.0613. The molecule has 3 aliphatic rings. The van der Waals surface area contributed by atoms with E-state index in [1.165, 1.54) is 0 Å². The topological polar surface area (TPSA) is 77.3 Å². The predicted molar refractivity (Wildman–Crippen MR) is 48.3 cm³/mol. The second-order valence-electron chi connectivity index (χ2n) is 2.82. The normalized spacial score (nSPS) is 28.8. The van der Waals surface area contributed by atoms with Gasteiger partial charge in [-0.15, -0.1) is 0 Å². The highest BCUT2D eigenvalue weighted by Crippen LogP contribution is 2.33. The smallest absolute Gasteiger partial charge is 0.248 e. The van der Waals surface area contributed by atoms with E-state index in [-0.39, 0.29) is 11.5 Å². The summed E-state index contributed by atoms with van der Waals surface area (Å²) in [6.45, 7) is 0. The quantitative estimate of drug-likeness (QED) is 0.513. The lowest BCUT2D eigenvalue weighted by atomic mass is 10.2. The Morgan fingerprint density at radius 3 is 2.23 bits per heavy atom. The van der Waals surface area contributed by atoms with Crippen molar-refractivity contribution >= 4 is 37.2 Å². The first-order valence-corrected chi connectivity index (χ1v) is 6.36. The van der Waals surface area contributed by atoms with Gasteiger partial charge in [-0.2, -0.15) is 0 Å². The fourth-order valence-corrected chi connectivity index (χ4v) is 3.95. The number of hydrogen-bond acceptors (Lipinski definition) is 6. The van der Waals surface area contributed by atoms with Gasteiger partial charge >= 0.3 is 0 Å². The van der Waals surface area contributed by atoms with Crippen LogP contribution in [-0.4, -0.2) is 36.2 Å². The first-order valence-electron chi connectivity index (χ1n) is 3.47. The standard InChI is InChI=1S/C5H4N2O4S2/c8-13(9)1-3-5-4(2-13)7-11-12(5)10-6-3/h1-2H2. The van der Waals surface area contributed by atoms with Gasteiger partial charge in [-0.25, -0.2) is 8.42 Å². The molecule has 1 saturated heterocycles. The Labute approximate surface area is 76.4 Å². The first-order chi connectivity index (χ1) is 6.16. The van der Waals surface area contributed by atoms with Gasteiger partial charge in [0.1, 0.15) is 16.3 Å². The van der Waals surface area contributed by atoms with Crippen LogP contribution in [0, 0.1) is 0 Å². The van der Waals surface area contributed by atoms with Gasteiger partial charge in [-0.1, -0.05) is 10.3 Å². The molecule has 0 spiro atoms. The summed E-state index contributed by atoms with van der Waals surface area (Å²) >= 11 is -0.865. The van der Waals surface area contributed by atoms with Crippen molar-refractivity contribution in [2.75, 3.05) is 11.5 Å². The van der Waals surface area contributed by atoms with Crippen molar-refractivity contribution in [2.24, 2.45) is 10.3 Å². The highest BCUT2D eigenvalue weighted by Gasteiger charge is 2.41. The summed E-state index contributed by atoms with van der Waals surface area (Å²) in [6.07, 6.45) is 0. The molecule has 0 aromatic carbocycles. The molecule has 0 saturated carbocycles. The van der Waals surface area contributed by atoms with Crippen LogP contribution in [0.4, 0.5) is 0 Å². The highest BCUT2D eigenvalue weighted by molar-refractivity contribution is 8.11. The fourth-order valence-electron chi connectivity index (χ4n) is 1.34. The van der Waals surface area contributed by atoms with Crippen LogP contribution in [0.25, 0.3) is 0 Å². The van der Waals surface area contributed by atoms with Crippen LogP contribution in [0.15, 0.2) is 10.3 Å². The van der Waals surface area contributed by atoms with E-state index in [9.17, 15) is 8.42 Å². The Morgan fingerprint density at radius 2 is 1.69 bits per heavy atom. The molecule has 3 aliphatic heterocycles. The van der Waals surface area contributed by atoms with E-state index < -0.39 is 20.9 Å². The van der Waals surface area contributed by atoms with Crippen molar-refractivity contribution in [3.05, 3.63) is 0 Å². The van der Waals surface area contributed by atoms with Crippen LogP contribution in [0.1, 0.15) is 0 Å². The molecule has 0 aliphatic carbocycles. The zero-order chi connectivity index (χ0) is 9.05. The van der Waals surface area contributed by atoms with E-state index in [1.807, 2.05) is 0 Å². The van der Waals surface area contributed by atoms with E-state index in [2.05, 4.69) is 10.3 Å². The maximum Gasteiger partial charge on any atom is 0.248 e. The first kappa shape index (κ1) is 7.51. The van der Waals surface area contributed by atoms with Crippen molar-refractivity contribution < 1.29 is 17.0 Å². The Kier molecular flexibility index (Phi) is 1.23. The maximum absolute atomic E-state index is 11.3. The average Bonchev–Trinajstić information content (AvgIpc) is 2.56. The van der Waals surface area contributed by atoms with E-state index in [0.717, 1.165) is 4.86 Å². The summed E-state index contributed by atoms with van der Waals surface area (Å²) in [6, 6.07) is 0. The predicted octanol–water partition coefficient (Wildman–Crippen LogP) is -0.541. The van der Waals surface area contributed by atoms with E-state index in [1.54, 1.807) is 0 Å². The largest absolute Gasteiger partial charge is 0.288 e. The SMILES string of the molecule is O=S1(=O)CC2=NOS3=C2C(=NO3)C1. The molecule has 3 heterocycles. The molecule has 1 fully saturated rings. The summed E-state index contributed by atoms with van der Waals surface area (Å²) in [5.74, 6) is -0.123. The van der Waals surface area contributed by atoms with Crippen molar-refractivity contribution in [1.29, 1.82) is 0 Å². The van der Waals surface area contributed by atoms with E-state index >= 15 is 0 Å². The second kappa shape index (κ2) is 2.13. The highest BCUT2D eigenvalue weighted by atomic mass is 32.2. The van der Waals surface area contributed by atoms with Crippen LogP contribution in [-0.2, 0) is 18.4 Å². The lowest BCUT2D eigenvalue weighted by molar-refractivity contribution is 0.311. The lowest BCUT2D eigenvalue weighted by Crippen LogP contribution is -2.39. The van der Waals surface area contributed by atoms with Crippen molar-refractivity contribution in [2.45, 2.75) is 0 Å². The summed E-state index contributed by atoms with van der Waals surface area (Å²) in [5, 5.41) is 7.29. The van der Waals surface area contributed by atoms with Gasteiger partial charge in [0.05, 0.1) is 11.5 Å². The van der Waals surface area contributed by atoms with Crippen LogP contribution in [0.3, 0.4) is 0 Å². The van der Waals surface area contributed by atoms with Crippen molar-refractivity contribution in [3.8, 4) is 0 Å². The van der Waals surface area contributed by atoms with Gasteiger partial charge in [0.2, 0.25) is 11.0 Å². The monoisotopic (exact) mass is 220 g/mol. The molecule has 0 atom stereocenters. The van der Waals surface area contributed by atoms with E-state index in [0.29, 0.717) is 11.4 Å². The lowest BCUT2D eigenvalue weighted by Gasteiger charge is -2.09. The molecule has 0 amide bonds. The summed E-state index contributed by atoms with van der Waals surface area (Å²) in [7, 11) is -3.11. The molecule has 3 rings (SSSR count). The molecule has 0 bridgehead atoms.